The van der Waals surface area contributed by atoms with Gasteiger partial charge in [-0.15, -0.1) is 0 Å². The highest BCUT2D eigenvalue weighted by molar-refractivity contribution is 6.13. The molecule has 2 nitrogen and oxygen atoms in total. The van der Waals surface area contributed by atoms with E-state index < -0.39 is 0 Å². The fourth-order valence-electron chi connectivity index (χ4n) is 1.65. The molecule has 14 heavy (non-hydrogen) atoms. The van der Waals surface area contributed by atoms with Crippen molar-refractivity contribution in [2.24, 2.45) is 0 Å². The molecule has 0 radical (unpaired) electrons. The van der Waals surface area contributed by atoms with E-state index in [1.54, 1.807) is 4.42 Å². The van der Waals surface area contributed by atoms with Crippen LogP contribution in [0.25, 0.3) is 0 Å². The maximum atomic E-state index is 6.08. The highest BCUT2D eigenvalue weighted by Gasteiger charge is 2.19. The van der Waals surface area contributed by atoms with Crippen LogP contribution in [0, 0.1) is 0 Å². The molecule has 0 amide bonds. The van der Waals surface area contributed by atoms with Crippen LogP contribution in [0.15, 0.2) is 24.3 Å². The normalized spacial score (nSPS) is 22.3. The summed E-state index contributed by atoms with van der Waals surface area (Å²) >= 11 is 6.08. The zero-order chi connectivity index (χ0) is 9.97. The molecule has 1 aliphatic heterocycles. The van der Waals surface area contributed by atoms with E-state index in [4.69, 9.17) is 16.5 Å². The fourth-order valence-corrected chi connectivity index (χ4v) is 1.93. The van der Waals surface area contributed by atoms with Gasteiger partial charge in [-0.3, -0.25) is 0 Å². The van der Waals surface area contributed by atoms with Gasteiger partial charge in [0.2, 0.25) is 0 Å². The van der Waals surface area contributed by atoms with Gasteiger partial charge in [-0.25, -0.2) is 4.42 Å². The Bertz CT molecular complexity index is 316. The van der Waals surface area contributed by atoms with Crippen molar-refractivity contribution >= 4 is 11.8 Å². The van der Waals surface area contributed by atoms with Crippen molar-refractivity contribution in [1.29, 1.82) is 0 Å². The van der Waals surface area contributed by atoms with E-state index in [-0.39, 0.29) is 6.10 Å². The lowest BCUT2D eigenvalue weighted by atomic mass is 10.2. The Kier molecular flexibility index (Phi) is 2.94. The molecular weight excluding hydrogens is 198 g/mol. The Morgan fingerprint density at radius 2 is 2.29 bits per heavy atom. The van der Waals surface area contributed by atoms with Crippen LogP contribution >= 0.6 is 11.8 Å². The molecule has 1 aromatic carbocycles. The second kappa shape index (κ2) is 4.20. The Hall–Kier alpha value is -0.730. The van der Waals surface area contributed by atoms with Gasteiger partial charge in [0.05, 0.1) is 6.54 Å². The van der Waals surface area contributed by atoms with E-state index in [2.05, 4.69) is 13.0 Å². The molecule has 0 saturated heterocycles. The average molecular weight is 212 g/mol. The fraction of sp³-hybridized carbons (Fsp3) is 0.455. The van der Waals surface area contributed by atoms with Gasteiger partial charge in [0.25, 0.3) is 0 Å². The molecule has 1 heterocycles. The first-order valence-corrected chi connectivity index (χ1v) is 5.28. The molecule has 76 valence electrons. The lowest BCUT2D eigenvalue weighted by Gasteiger charge is -2.16. The molecule has 3 heteroatoms. The molecule has 0 saturated carbocycles. The number of hydrogen-bond acceptors (Lipinski definition) is 2. The SMILES string of the molecule is CC[C@@H]1CN(Cl)Cc2ccccc2O1. The summed E-state index contributed by atoms with van der Waals surface area (Å²) in [4.78, 5) is 0. The minimum atomic E-state index is 0.205. The lowest BCUT2D eigenvalue weighted by Crippen LogP contribution is -2.26. The first-order chi connectivity index (χ1) is 6.79. The molecule has 1 aliphatic rings. The zero-order valence-corrected chi connectivity index (χ0v) is 9.00. The van der Waals surface area contributed by atoms with Crippen LogP contribution in [-0.4, -0.2) is 17.1 Å². The summed E-state index contributed by atoms with van der Waals surface area (Å²) in [5, 5.41) is 0. The monoisotopic (exact) mass is 211 g/mol. The molecule has 0 aliphatic carbocycles. The van der Waals surface area contributed by atoms with Gasteiger partial charge in [0, 0.05) is 12.1 Å². The summed E-state index contributed by atoms with van der Waals surface area (Å²) < 4.78 is 7.64. The first kappa shape index (κ1) is 9.81. The zero-order valence-electron chi connectivity index (χ0n) is 8.24. The van der Waals surface area contributed by atoms with Crippen molar-refractivity contribution in [3.05, 3.63) is 29.8 Å². The summed E-state index contributed by atoms with van der Waals surface area (Å²) in [5.74, 6) is 0.975. The van der Waals surface area contributed by atoms with Gasteiger partial charge in [-0.2, -0.15) is 0 Å². The van der Waals surface area contributed by atoms with Gasteiger partial charge in [-0.05, 0) is 24.3 Å². The van der Waals surface area contributed by atoms with Crippen molar-refractivity contribution in [3.8, 4) is 5.75 Å². The summed E-state index contributed by atoms with van der Waals surface area (Å²) in [6.45, 7) is 3.66. The number of ether oxygens (including phenoxy) is 1. The predicted molar refractivity (Wildman–Crippen MR) is 57.4 cm³/mol. The third kappa shape index (κ3) is 2.02. The molecule has 0 fully saturated rings. The predicted octanol–water partition coefficient (Wildman–Crippen LogP) is 2.81. The van der Waals surface area contributed by atoms with Gasteiger partial charge in [-0.1, -0.05) is 25.1 Å². The molecule has 0 unspecified atom stereocenters. The second-order valence-electron chi connectivity index (χ2n) is 3.56. The Morgan fingerprint density at radius 3 is 3.07 bits per heavy atom. The number of para-hydroxylation sites is 1. The summed E-state index contributed by atoms with van der Waals surface area (Å²) in [7, 11) is 0. The quantitative estimate of drug-likeness (QED) is 0.663. The molecular formula is C11H14ClNO. The minimum absolute atomic E-state index is 0.205. The van der Waals surface area contributed by atoms with Gasteiger partial charge in [0.1, 0.15) is 11.9 Å². The van der Waals surface area contributed by atoms with Crippen molar-refractivity contribution in [1.82, 2.24) is 4.42 Å². The summed E-state index contributed by atoms with van der Waals surface area (Å²) in [6, 6.07) is 8.07. The third-order valence-corrected chi connectivity index (χ3v) is 2.72. The first-order valence-electron chi connectivity index (χ1n) is 4.95. The van der Waals surface area contributed by atoms with Crippen LogP contribution in [0.2, 0.25) is 0 Å². The number of fused-ring (bicyclic) bond motifs is 1. The summed E-state index contributed by atoms with van der Waals surface area (Å²) in [5.41, 5.74) is 1.17. The van der Waals surface area contributed by atoms with E-state index >= 15 is 0 Å². The number of nitrogens with zero attached hydrogens (tertiary/aromatic N) is 1. The van der Waals surface area contributed by atoms with E-state index in [9.17, 15) is 0 Å². The van der Waals surface area contributed by atoms with Crippen LogP contribution in [-0.2, 0) is 6.54 Å². The molecule has 0 aromatic heterocycles. The largest absolute Gasteiger partial charge is 0.489 e. The van der Waals surface area contributed by atoms with Crippen molar-refractivity contribution in [2.45, 2.75) is 26.0 Å². The minimum Gasteiger partial charge on any atom is -0.489 e. The molecule has 0 N–H and O–H groups in total. The highest BCUT2D eigenvalue weighted by Crippen LogP contribution is 2.26. The van der Waals surface area contributed by atoms with Crippen LogP contribution in [0.3, 0.4) is 0 Å². The number of rotatable bonds is 1. The van der Waals surface area contributed by atoms with Crippen molar-refractivity contribution in [2.75, 3.05) is 6.54 Å². The van der Waals surface area contributed by atoms with Gasteiger partial charge >= 0.3 is 0 Å². The number of benzene rings is 1. The van der Waals surface area contributed by atoms with E-state index in [0.29, 0.717) is 0 Å². The number of hydrogen-bond donors (Lipinski definition) is 0. The lowest BCUT2D eigenvalue weighted by molar-refractivity contribution is 0.180. The molecule has 2 rings (SSSR count). The van der Waals surface area contributed by atoms with E-state index in [1.165, 1.54) is 5.56 Å². The van der Waals surface area contributed by atoms with Crippen LogP contribution < -0.4 is 4.74 Å². The molecule has 1 aromatic rings. The maximum Gasteiger partial charge on any atom is 0.124 e. The maximum absolute atomic E-state index is 6.08. The van der Waals surface area contributed by atoms with Crippen LogP contribution in [0.1, 0.15) is 18.9 Å². The Morgan fingerprint density at radius 1 is 1.50 bits per heavy atom. The second-order valence-corrected chi connectivity index (χ2v) is 4.04. The van der Waals surface area contributed by atoms with Gasteiger partial charge in [0.15, 0.2) is 0 Å². The summed E-state index contributed by atoms with van der Waals surface area (Å²) in [6.07, 6.45) is 1.19. The van der Waals surface area contributed by atoms with Gasteiger partial charge < -0.3 is 4.74 Å². The van der Waals surface area contributed by atoms with Crippen molar-refractivity contribution < 1.29 is 4.74 Å². The van der Waals surface area contributed by atoms with E-state index in [0.717, 1.165) is 25.3 Å². The van der Waals surface area contributed by atoms with Crippen LogP contribution in [0.5, 0.6) is 5.75 Å². The Labute approximate surface area is 89.5 Å². The molecule has 1 atom stereocenters. The standard InChI is InChI=1S/C11H14ClNO/c1-2-10-8-13(12)7-9-5-3-4-6-11(9)14-10/h3-6,10H,2,7-8H2,1H3/t10-/m1/s1. The molecule has 0 bridgehead atoms. The average Bonchev–Trinajstić information content (AvgIpc) is 2.35. The van der Waals surface area contributed by atoms with Crippen LogP contribution in [0.4, 0.5) is 0 Å². The van der Waals surface area contributed by atoms with E-state index in [1.807, 2.05) is 18.2 Å². The Balaban J connectivity index is 2.27. The topological polar surface area (TPSA) is 12.5 Å². The third-order valence-electron chi connectivity index (χ3n) is 2.47. The van der Waals surface area contributed by atoms with Crippen molar-refractivity contribution in [3.63, 3.8) is 0 Å². The smallest absolute Gasteiger partial charge is 0.124 e. The number of halogens is 1. The molecule has 0 spiro atoms. The highest BCUT2D eigenvalue weighted by atomic mass is 35.5.